The van der Waals surface area contributed by atoms with E-state index in [1.54, 1.807) is 0 Å². The molecular formula is C33H34N2. The number of para-hydroxylation sites is 1. The molecule has 1 aromatic heterocycles. The Bertz CT molecular complexity index is 1270. The molecule has 1 heterocycles. The van der Waals surface area contributed by atoms with Gasteiger partial charge in [0, 0.05) is 42.7 Å². The van der Waals surface area contributed by atoms with Gasteiger partial charge < -0.3 is 4.57 Å². The van der Waals surface area contributed by atoms with E-state index in [4.69, 9.17) is 0 Å². The number of aryl methyl sites for hydroxylation is 2. The van der Waals surface area contributed by atoms with E-state index in [0.29, 0.717) is 5.92 Å². The minimum Gasteiger partial charge on any atom is -0.347 e. The number of rotatable bonds is 9. The molecular weight excluding hydrogens is 424 g/mol. The van der Waals surface area contributed by atoms with Crippen LogP contribution in [0.5, 0.6) is 0 Å². The van der Waals surface area contributed by atoms with E-state index >= 15 is 0 Å². The van der Waals surface area contributed by atoms with E-state index in [1.165, 1.54) is 38.9 Å². The molecule has 1 atom stereocenters. The van der Waals surface area contributed by atoms with E-state index in [-0.39, 0.29) is 0 Å². The lowest BCUT2D eigenvalue weighted by Crippen LogP contribution is -2.26. The van der Waals surface area contributed by atoms with Crippen molar-refractivity contribution in [3.8, 4) is 0 Å². The molecule has 176 valence electrons. The van der Waals surface area contributed by atoms with E-state index < -0.39 is 0 Å². The van der Waals surface area contributed by atoms with Crippen molar-refractivity contribution in [3.05, 3.63) is 143 Å². The molecule has 0 saturated carbocycles. The van der Waals surface area contributed by atoms with Gasteiger partial charge in [0.1, 0.15) is 0 Å². The Morgan fingerprint density at radius 3 is 1.74 bits per heavy atom. The highest BCUT2D eigenvalue weighted by molar-refractivity contribution is 5.85. The molecule has 0 aliphatic carbocycles. The highest BCUT2D eigenvalue weighted by atomic mass is 15.1. The first-order valence-corrected chi connectivity index (χ1v) is 12.6. The Balaban J connectivity index is 1.47. The van der Waals surface area contributed by atoms with Gasteiger partial charge in [-0.15, -0.1) is 0 Å². The quantitative estimate of drug-likeness (QED) is 0.220. The lowest BCUT2D eigenvalue weighted by molar-refractivity contribution is 0.248. The molecule has 0 N–H and O–H groups in total. The topological polar surface area (TPSA) is 8.17 Å². The van der Waals surface area contributed by atoms with Crippen LogP contribution in [0.25, 0.3) is 10.9 Å². The van der Waals surface area contributed by atoms with Crippen LogP contribution in [-0.4, -0.2) is 16.0 Å². The van der Waals surface area contributed by atoms with Gasteiger partial charge >= 0.3 is 0 Å². The van der Waals surface area contributed by atoms with Crippen molar-refractivity contribution in [2.75, 3.05) is 6.54 Å². The summed E-state index contributed by atoms with van der Waals surface area (Å²) in [7, 11) is 2.23. The van der Waals surface area contributed by atoms with Crippen molar-refractivity contribution in [2.45, 2.75) is 32.4 Å². The van der Waals surface area contributed by atoms with Crippen molar-refractivity contribution < 1.29 is 0 Å². The van der Waals surface area contributed by atoms with Crippen LogP contribution in [0.1, 0.15) is 40.3 Å². The van der Waals surface area contributed by atoms with E-state index in [9.17, 15) is 0 Å². The van der Waals surface area contributed by atoms with Gasteiger partial charge in [0.25, 0.3) is 0 Å². The summed E-state index contributed by atoms with van der Waals surface area (Å²) in [5, 5.41) is 1.36. The number of fused-ring (bicyclic) bond motifs is 1. The zero-order valence-electron chi connectivity index (χ0n) is 20.8. The van der Waals surface area contributed by atoms with Gasteiger partial charge in [0.15, 0.2) is 0 Å². The second kappa shape index (κ2) is 10.8. The molecule has 2 nitrogen and oxygen atoms in total. The average molecular weight is 459 g/mol. The van der Waals surface area contributed by atoms with E-state index in [1.807, 2.05) is 0 Å². The monoisotopic (exact) mass is 458 g/mol. The molecule has 0 saturated heterocycles. The predicted molar refractivity (Wildman–Crippen MR) is 148 cm³/mol. The number of hydrogen-bond acceptors (Lipinski definition) is 1. The molecule has 0 spiro atoms. The largest absolute Gasteiger partial charge is 0.347 e. The molecule has 4 aromatic carbocycles. The summed E-state index contributed by atoms with van der Waals surface area (Å²) in [5.41, 5.74) is 8.25. The van der Waals surface area contributed by atoms with Crippen molar-refractivity contribution in [2.24, 2.45) is 7.05 Å². The standard InChI is InChI=1S/C33H34N2/c1-26-30-20-12-13-21-32(30)34(2)33(26)31(29-18-10-5-11-19-29)22-23-35(24-27-14-6-3-7-15-27)25-28-16-8-4-9-17-28/h3-21,31H,22-25H2,1-2H3. The van der Waals surface area contributed by atoms with Crippen LogP contribution in [0.2, 0.25) is 0 Å². The third-order valence-electron chi connectivity index (χ3n) is 7.18. The fourth-order valence-electron chi connectivity index (χ4n) is 5.45. The molecule has 5 aromatic rings. The first-order chi connectivity index (χ1) is 17.2. The van der Waals surface area contributed by atoms with Crippen LogP contribution in [0.4, 0.5) is 0 Å². The molecule has 5 rings (SSSR count). The van der Waals surface area contributed by atoms with Gasteiger partial charge in [-0.25, -0.2) is 0 Å². The number of benzene rings is 4. The summed E-state index contributed by atoms with van der Waals surface area (Å²) in [6.07, 6.45) is 1.06. The van der Waals surface area contributed by atoms with Crippen LogP contribution in [0.3, 0.4) is 0 Å². The summed E-state index contributed by atoms with van der Waals surface area (Å²) in [4.78, 5) is 2.60. The second-order valence-corrected chi connectivity index (χ2v) is 9.52. The SMILES string of the molecule is Cc1c(C(CCN(Cc2ccccc2)Cc2ccccc2)c2ccccc2)n(C)c2ccccc12. The fourth-order valence-corrected chi connectivity index (χ4v) is 5.45. The Morgan fingerprint density at radius 1 is 0.657 bits per heavy atom. The Labute approximate surface area is 209 Å². The van der Waals surface area contributed by atoms with Crippen molar-refractivity contribution in [3.63, 3.8) is 0 Å². The van der Waals surface area contributed by atoms with Gasteiger partial charge in [-0.1, -0.05) is 109 Å². The van der Waals surface area contributed by atoms with Gasteiger partial charge in [-0.05, 0) is 48.2 Å². The summed E-state index contributed by atoms with van der Waals surface area (Å²) in [5.74, 6) is 0.336. The zero-order valence-corrected chi connectivity index (χ0v) is 20.8. The average Bonchev–Trinajstić information content (AvgIpc) is 3.16. The van der Waals surface area contributed by atoms with Crippen LogP contribution >= 0.6 is 0 Å². The minimum atomic E-state index is 0.336. The highest BCUT2D eigenvalue weighted by Gasteiger charge is 2.23. The maximum atomic E-state index is 2.60. The van der Waals surface area contributed by atoms with Gasteiger partial charge in [-0.3, -0.25) is 4.90 Å². The normalized spacial score (nSPS) is 12.3. The molecule has 0 aliphatic heterocycles. The molecule has 2 heteroatoms. The molecule has 0 radical (unpaired) electrons. The smallest absolute Gasteiger partial charge is 0.0482 e. The van der Waals surface area contributed by atoms with Crippen LogP contribution in [0.15, 0.2) is 115 Å². The third-order valence-corrected chi connectivity index (χ3v) is 7.18. The van der Waals surface area contributed by atoms with Gasteiger partial charge in [0.2, 0.25) is 0 Å². The molecule has 35 heavy (non-hydrogen) atoms. The predicted octanol–water partition coefficient (Wildman–Crippen LogP) is 7.71. The highest BCUT2D eigenvalue weighted by Crippen LogP contribution is 2.36. The lowest BCUT2D eigenvalue weighted by Gasteiger charge is -2.27. The minimum absolute atomic E-state index is 0.336. The Hall–Kier alpha value is -3.62. The Morgan fingerprint density at radius 2 is 1.17 bits per heavy atom. The number of nitrogens with zero attached hydrogens (tertiary/aromatic N) is 2. The molecule has 0 fully saturated rings. The first-order valence-electron chi connectivity index (χ1n) is 12.6. The summed E-state index contributed by atoms with van der Waals surface area (Å²) in [6, 6.07) is 41.5. The second-order valence-electron chi connectivity index (χ2n) is 9.52. The van der Waals surface area contributed by atoms with E-state index in [2.05, 4.69) is 139 Å². The fraction of sp³-hybridized carbons (Fsp3) is 0.212. The van der Waals surface area contributed by atoms with Crippen molar-refractivity contribution in [1.29, 1.82) is 0 Å². The first kappa shape index (κ1) is 23.1. The van der Waals surface area contributed by atoms with Gasteiger partial charge in [0.05, 0.1) is 0 Å². The van der Waals surface area contributed by atoms with Crippen LogP contribution < -0.4 is 0 Å². The summed E-state index contributed by atoms with van der Waals surface area (Å²) >= 11 is 0. The van der Waals surface area contributed by atoms with Crippen molar-refractivity contribution in [1.82, 2.24) is 9.47 Å². The molecule has 0 aliphatic rings. The lowest BCUT2D eigenvalue weighted by atomic mass is 9.89. The zero-order chi connectivity index (χ0) is 24.0. The van der Waals surface area contributed by atoms with Crippen molar-refractivity contribution >= 4 is 10.9 Å². The van der Waals surface area contributed by atoms with E-state index in [0.717, 1.165) is 26.1 Å². The number of aromatic nitrogens is 1. The maximum Gasteiger partial charge on any atom is 0.0482 e. The Kier molecular flexibility index (Phi) is 7.11. The maximum absolute atomic E-state index is 2.60. The number of hydrogen-bond donors (Lipinski definition) is 0. The van der Waals surface area contributed by atoms with Gasteiger partial charge in [-0.2, -0.15) is 0 Å². The van der Waals surface area contributed by atoms with Crippen LogP contribution in [-0.2, 0) is 20.1 Å². The molecule has 1 unspecified atom stereocenters. The summed E-state index contributed by atoms with van der Waals surface area (Å²) < 4.78 is 2.42. The third kappa shape index (κ3) is 5.23. The summed E-state index contributed by atoms with van der Waals surface area (Å²) in [6.45, 7) is 5.21. The van der Waals surface area contributed by atoms with Crippen LogP contribution in [0, 0.1) is 6.92 Å². The molecule has 0 bridgehead atoms. The molecule has 0 amide bonds.